The minimum Gasteiger partial charge on any atom is -0.316 e. The van der Waals surface area contributed by atoms with Crippen LogP contribution >= 0.6 is 0 Å². The van der Waals surface area contributed by atoms with Crippen LogP contribution in [0.15, 0.2) is 41.8 Å². The number of rotatable bonds is 8. The van der Waals surface area contributed by atoms with Gasteiger partial charge in [-0.25, -0.2) is 8.42 Å². The summed E-state index contributed by atoms with van der Waals surface area (Å²) in [7, 11) is -1.60. The van der Waals surface area contributed by atoms with Crippen molar-refractivity contribution in [3.8, 4) is 0 Å². The molecular weight excluding hydrogens is 260 g/mol. The highest BCUT2D eigenvalue weighted by Crippen LogP contribution is 2.17. The van der Waals surface area contributed by atoms with Crippen molar-refractivity contribution >= 4 is 10.0 Å². The van der Waals surface area contributed by atoms with Gasteiger partial charge in [-0.2, -0.15) is 4.31 Å². The number of hydrogen-bond donors (Lipinski definition) is 1. The quantitative estimate of drug-likeness (QED) is 0.742. The Morgan fingerprint density at radius 2 is 2.16 bits per heavy atom. The summed E-state index contributed by atoms with van der Waals surface area (Å²) in [5.74, 6) is 0. The van der Waals surface area contributed by atoms with Gasteiger partial charge in [0.05, 0.1) is 4.90 Å². The van der Waals surface area contributed by atoms with E-state index in [1.165, 1.54) is 4.31 Å². The van der Waals surface area contributed by atoms with Crippen LogP contribution in [0.3, 0.4) is 0 Å². The van der Waals surface area contributed by atoms with Gasteiger partial charge >= 0.3 is 0 Å². The van der Waals surface area contributed by atoms with Crippen LogP contribution in [0.1, 0.15) is 18.9 Å². The van der Waals surface area contributed by atoms with Crippen molar-refractivity contribution in [2.75, 3.05) is 20.1 Å². The lowest BCUT2D eigenvalue weighted by molar-refractivity contribution is 0.441. The molecule has 1 rings (SSSR count). The molecule has 0 heterocycles. The lowest BCUT2D eigenvalue weighted by Gasteiger charge is -2.20. The Morgan fingerprint density at radius 1 is 1.42 bits per heavy atom. The van der Waals surface area contributed by atoms with Crippen LogP contribution < -0.4 is 5.32 Å². The van der Waals surface area contributed by atoms with Crippen LogP contribution in [-0.4, -0.2) is 32.9 Å². The van der Waals surface area contributed by atoms with Crippen molar-refractivity contribution in [3.05, 3.63) is 42.5 Å². The third kappa shape index (κ3) is 4.16. The monoisotopic (exact) mass is 282 g/mol. The van der Waals surface area contributed by atoms with E-state index in [1.54, 1.807) is 24.3 Å². The molecule has 0 bridgehead atoms. The highest BCUT2D eigenvalue weighted by molar-refractivity contribution is 7.89. The molecule has 0 unspecified atom stereocenters. The number of nitrogens with one attached hydrogen (secondary N) is 1. The molecule has 0 spiro atoms. The normalized spacial score (nSPS) is 11.7. The van der Waals surface area contributed by atoms with Crippen LogP contribution in [-0.2, 0) is 16.6 Å². The maximum absolute atomic E-state index is 12.5. The first-order chi connectivity index (χ1) is 9.06. The van der Waals surface area contributed by atoms with Gasteiger partial charge < -0.3 is 5.32 Å². The molecule has 1 aromatic carbocycles. The number of benzene rings is 1. The Kier molecular flexibility index (Phi) is 6.21. The molecule has 0 saturated carbocycles. The predicted octanol–water partition coefficient (Wildman–Crippen LogP) is 1.99. The van der Waals surface area contributed by atoms with E-state index in [0.717, 1.165) is 12.0 Å². The summed E-state index contributed by atoms with van der Waals surface area (Å²) in [5, 5.41) is 3.02. The van der Waals surface area contributed by atoms with Gasteiger partial charge in [-0.15, -0.1) is 6.58 Å². The molecule has 0 aromatic heterocycles. The highest BCUT2D eigenvalue weighted by Gasteiger charge is 2.22. The Morgan fingerprint density at radius 3 is 2.74 bits per heavy atom. The summed E-state index contributed by atoms with van der Waals surface area (Å²) in [5.41, 5.74) is 0.957. The fraction of sp³-hybridized carbons (Fsp3) is 0.429. The largest absolute Gasteiger partial charge is 0.316 e. The van der Waals surface area contributed by atoms with Crippen molar-refractivity contribution in [2.45, 2.75) is 24.8 Å². The Labute approximate surface area is 116 Å². The number of sulfonamides is 1. The number of nitrogens with zero attached hydrogens (tertiary/aromatic N) is 1. The summed E-state index contributed by atoms with van der Waals surface area (Å²) >= 11 is 0. The number of hydrogen-bond acceptors (Lipinski definition) is 3. The van der Waals surface area contributed by atoms with Gasteiger partial charge in [0, 0.05) is 19.6 Å². The summed E-state index contributed by atoms with van der Waals surface area (Å²) in [6, 6.07) is 7.04. The van der Waals surface area contributed by atoms with Gasteiger partial charge in [0.2, 0.25) is 10.0 Å². The Balaban J connectivity index is 3.09. The maximum Gasteiger partial charge on any atom is 0.243 e. The van der Waals surface area contributed by atoms with Crippen LogP contribution in [0, 0.1) is 0 Å². The lowest BCUT2D eigenvalue weighted by atomic mass is 10.2. The third-order valence-corrected chi connectivity index (χ3v) is 4.58. The first kappa shape index (κ1) is 15.9. The van der Waals surface area contributed by atoms with Gasteiger partial charge in [-0.3, -0.25) is 0 Å². The van der Waals surface area contributed by atoms with Gasteiger partial charge in [0.15, 0.2) is 0 Å². The fourth-order valence-corrected chi connectivity index (χ4v) is 3.45. The van der Waals surface area contributed by atoms with Gasteiger partial charge in [-0.1, -0.05) is 25.1 Å². The third-order valence-electron chi connectivity index (χ3n) is 2.72. The highest BCUT2D eigenvalue weighted by atomic mass is 32.2. The molecule has 106 valence electrons. The molecule has 0 aliphatic rings. The van der Waals surface area contributed by atoms with Crippen LogP contribution in [0.25, 0.3) is 0 Å². The topological polar surface area (TPSA) is 49.4 Å². The standard InChI is InChI=1S/C14H22N2O2S/c1-4-9-16(10-5-2)19(17,18)14-8-6-7-13(11-14)12-15-3/h4,6-8,11,15H,1,5,9-10,12H2,2-3H3. The van der Waals surface area contributed by atoms with Crippen molar-refractivity contribution in [2.24, 2.45) is 0 Å². The van der Waals surface area contributed by atoms with E-state index < -0.39 is 10.0 Å². The van der Waals surface area contributed by atoms with E-state index in [9.17, 15) is 8.42 Å². The van der Waals surface area contributed by atoms with E-state index in [0.29, 0.717) is 24.5 Å². The minimum atomic E-state index is -3.43. The first-order valence-corrected chi connectivity index (χ1v) is 7.84. The van der Waals surface area contributed by atoms with E-state index in [-0.39, 0.29) is 0 Å². The zero-order valence-electron chi connectivity index (χ0n) is 11.6. The second-order valence-corrected chi connectivity index (χ2v) is 6.27. The first-order valence-electron chi connectivity index (χ1n) is 6.40. The molecule has 19 heavy (non-hydrogen) atoms. The van der Waals surface area contributed by atoms with Gasteiger partial charge in [0.1, 0.15) is 0 Å². The smallest absolute Gasteiger partial charge is 0.243 e. The maximum atomic E-state index is 12.5. The van der Waals surface area contributed by atoms with E-state index in [2.05, 4.69) is 11.9 Å². The summed E-state index contributed by atoms with van der Waals surface area (Å²) in [4.78, 5) is 0.343. The molecule has 5 heteroatoms. The van der Waals surface area contributed by atoms with Crippen LogP contribution in [0.5, 0.6) is 0 Å². The molecule has 0 radical (unpaired) electrons. The van der Waals surface area contributed by atoms with Crippen LogP contribution in [0.4, 0.5) is 0 Å². The SMILES string of the molecule is C=CCN(CCC)S(=O)(=O)c1cccc(CNC)c1. The molecule has 1 N–H and O–H groups in total. The van der Waals surface area contributed by atoms with Crippen molar-refractivity contribution in [3.63, 3.8) is 0 Å². The average molecular weight is 282 g/mol. The molecule has 0 atom stereocenters. The predicted molar refractivity (Wildman–Crippen MR) is 78.5 cm³/mol. The van der Waals surface area contributed by atoms with E-state index in [4.69, 9.17) is 0 Å². The zero-order valence-corrected chi connectivity index (χ0v) is 12.4. The van der Waals surface area contributed by atoms with Crippen molar-refractivity contribution < 1.29 is 8.42 Å². The molecule has 4 nitrogen and oxygen atoms in total. The second kappa shape index (κ2) is 7.43. The van der Waals surface area contributed by atoms with E-state index in [1.807, 2.05) is 20.0 Å². The summed E-state index contributed by atoms with van der Waals surface area (Å²) in [6.45, 7) is 7.08. The van der Waals surface area contributed by atoms with Crippen molar-refractivity contribution in [1.29, 1.82) is 0 Å². The van der Waals surface area contributed by atoms with Gasteiger partial charge in [-0.05, 0) is 31.2 Å². The molecule has 0 saturated heterocycles. The molecule has 1 aromatic rings. The minimum absolute atomic E-state index is 0.340. The summed E-state index contributed by atoms with van der Waals surface area (Å²) < 4.78 is 26.5. The second-order valence-electron chi connectivity index (χ2n) is 4.33. The van der Waals surface area contributed by atoms with Gasteiger partial charge in [0.25, 0.3) is 0 Å². The van der Waals surface area contributed by atoms with E-state index >= 15 is 0 Å². The molecule has 0 fully saturated rings. The molecule has 0 amide bonds. The van der Waals surface area contributed by atoms with Crippen LogP contribution in [0.2, 0.25) is 0 Å². The lowest BCUT2D eigenvalue weighted by Crippen LogP contribution is -2.32. The van der Waals surface area contributed by atoms with Crippen molar-refractivity contribution in [1.82, 2.24) is 9.62 Å². The Bertz CT molecular complexity index is 512. The molecule has 0 aliphatic carbocycles. The Hall–Kier alpha value is -1.17. The zero-order chi connectivity index (χ0) is 14.3. The average Bonchev–Trinajstić information content (AvgIpc) is 2.39. The molecule has 0 aliphatic heterocycles. The fourth-order valence-electron chi connectivity index (χ4n) is 1.87. The molecular formula is C14H22N2O2S. The summed E-state index contributed by atoms with van der Waals surface area (Å²) in [6.07, 6.45) is 2.40.